The Bertz CT molecular complexity index is 1250. The molecule has 0 radical (unpaired) electrons. The summed E-state index contributed by atoms with van der Waals surface area (Å²) in [6.07, 6.45) is -3.37. The van der Waals surface area contributed by atoms with Gasteiger partial charge in [-0.15, -0.1) is 0 Å². The Morgan fingerprint density at radius 1 is 1.17 bits per heavy atom. The number of pyridine rings is 2. The van der Waals surface area contributed by atoms with Crippen LogP contribution in [0.2, 0.25) is 0 Å². The summed E-state index contributed by atoms with van der Waals surface area (Å²) < 4.78 is 48.8. The summed E-state index contributed by atoms with van der Waals surface area (Å²) in [7, 11) is 1.56. The minimum absolute atomic E-state index is 0.187. The van der Waals surface area contributed by atoms with Crippen molar-refractivity contribution in [3.8, 4) is 11.4 Å². The van der Waals surface area contributed by atoms with Gasteiger partial charge in [0.25, 0.3) is 5.56 Å². The molecule has 0 spiro atoms. The van der Waals surface area contributed by atoms with Gasteiger partial charge in [-0.05, 0) is 23.8 Å². The Morgan fingerprint density at radius 3 is 2.63 bits per heavy atom. The van der Waals surface area contributed by atoms with E-state index in [1.54, 1.807) is 17.7 Å². The van der Waals surface area contributed by atoms with Crippen molar-refractivity contribution in [3.63, 3.8) is 0 Å². The van der Waals surface area contributed by atoms with Crippen molar-refractivity contribution in [1.29, 1.82) is 0 Å². The first-order valence-corrected chi connectivity index (χ1v) is 8.83. The van der Waals surface area contributed by atoms with E-state index in [-0.39, 0.29) is 23.5 Å². The third-order valence-electron chi connectivity index (χ3n) is 4.48. The smallest absolute Gasteiger partial charge is 0.380 e. The van der Waals surface area contributed by atoms with E-state index >= 15 is 0 Å². The molecule has 3 aromatic heterocycles. The molecule has 7 nitrogen and oxygen atoms in total. The van der Waals surface area contributed by atoms with Crippen molar-refractivity contribution in [1.82, 2.24) is 19.7 Å². The molecular formula is C20H15F3N4O3. The van der Waals surface area contributed by atoms with Gasteiger partial charge in [-0.1, -0.05) is 23.4 Å². The zero-order chi connectivity index (χ0) is 21.3. The fourth-order valence-electron chi connectivity index (χ4n) is 3.11. The maximum Gasteiger partial charge on any atom is 0.471 e. The van der Waals surface area contributed by atoms with Gasteiger partial charge in [-0.25, -0.2) is 0 Å². The Morgan fingerprint density at radius 2 is 1.97 bits per heavy atom. The van der Waals surface area contributed by atoms with Crippen LogP contribution in [0.3, 0.4) is 0 Å². The van der Waals surface area contributed by atoms with Gasteiger partial charge in [0.2, 0.25) is 5.82 Å². The second-order valence-corrected chi connectivity index (χ2v) is 6.50. The van der Waals surface area contributed by atoms with Crippen LogP contribution in [0.1, 0.15) is 17.1 Å². The standard InChI is InChI=1S/C20H15F3N4O3/c1-29-11-13-8-17(28)27(16-5-3-2-4-15(13)16)10-14-7-6-12(9-24-14)18-25-19(30-26-18)20(21,22)23/h2-9H,10-11H2,1H3. The fraction of sp³-hybridized carbons (Fsp3) is 0.200. The van der Waals surface area contributed by atoms with Crippen LogP contribution in [0.15, 0.2) is 58.0 Å². The molecule has 0 saturated heterocycles. The average Bonchev–Trinajstić information content (AvgIpc) is 3.22. The van der Waals surface area contributed by atoms with Crippen LogP contribution < -0.4 is 5.56 Å². The number of benzene rings is 1. The van der Waals surface area contributed by atoms with Gasteiger partial charge in [-0.3, -0.25) is 9.78 Å². The van der Waals surface area contributed by atoms with E-state index in [1.165, 1.54) is 18.3 Å². The highest BCUT2D eigenvalue weighted by molar-refractivity contribution is 5.82. The summed E-state index contributed by atoms with van der Waals surface area (Å²) in [6, 6.07) is 12.1. The van der Waals surface area contributed by atoms with Crippen molar-refractivity contribution in [2.75, 3.05) is 7.11 Å². The minimum atomic E-state index is -4.71. The lowest BCUT2D eigenvalue weighted by Crippen LogP contribution is -2.22. The van der Waals surface area contributed by atoms with Crippen LogP contribution in [-0.4, -0.2) is 26.8 Å². The van der Waals surface area contributed by atoms with Crippen LogP contribution in [0, 0.1) is 0 Å². The SMILES string of the molecule is COCc1cc(=O)n(Cc2ccc(-c3noc(C(F)(F)F)n3)cn2)c2ccccc12. The van der Waals surface area contributed by atoms with Crippen LogP contribution >= 0.6 is 0 Å². The molecule has 0 amide bonds. The average molecular weight is 416 g/mol. The maximum atomic E-state index is 12.7. The van der Waals surface area contributed by atoms with Gasteiger partial charge in [-0.2, -0.15) is 18.2 Å². The number of ether oxygens (including phenoxy) is 1. The molecule has 4 aromatic rings. The maximum absolute atomic E-state index is 12.7. The molecule has 0 fully saturated rings. The second kappa shape index (κ2) is 7.71. The van der Waals surface area contributed by atoms with Gasteiger partial charge in [0.05, 0.1) is 24.4 Å². The second-order valence-electron chi connectivity index (χ2n) is 6.50. The summed E-state index contributed by atoms with van der Waals surface area (Å²) in [5.74, 6) is -1.64. The molecule has 3 heterocycles. The Labute approximate surface area is 167 Å². The van der Waals surface area contributed by atoms with E-state index in [0.717, 1.165) is 16.5 Å². The van der Waals surface area contributed by atoms with Crippen molar-refractivity contribution in [2.45, 2.75) is 19.3 Å². The molecule has 0 aliphatic rings. The molecule has 0 aliphatic heterocycles. The summed E-state index contributed by atoms with van der Waals surface area (Å²) in [6.45, 7) is 0.501. The third-order valence-corrected chi connectivity index (χ3v) is 4.48. The summed E-state index contributed by atoms with van der Waals surface area (Å²) >= 11 is 0. The Kier molecular flexibility index (Phi) is 5.08. The molecule has 30 heavy (non-hydrogen) atoms. The van der Waals surface area contributed by atoms with Crippen LogP contribution in [0.4, 0.5) is 13.2 Å². The lowest BCUT2D eigenvalue weighted by atomic mass is 10.1. The summed E-state index contributed by atoms with van der Waals surface area (Å²) in [5, 5.41) is 4.23. The number of alkyl halides is 3. The number of para-hydroxylation sites is 1. The van der Waals surface area contributed by atoms with Gasteiger partial charge in [0.15, 0.2) is 0 Å². The quantitative estimate of drug-likeness (QED) is 0.494. The number of aromatic nitrogens is 4. The Balaban J connectivity index is 1.65. The predicted octanol–water partition coefficient (Wildman–Crippen LogP) is 3.66. The summed E-state index contributed by atoms with van der Waals surface area (Å²) in [5.41, 5.74) is 2.13. The van der Waals surface area contributed by atoms with Gasteiger partial charge < -0.3 is 13.8 Å². The highest BCUT2D eigenvalue weighted by Gasteiger charge is 2.38. The number of methoxy groups -OCH3 is 1. The number of halogens is 3. The van der Waals surface area contributed by atoms with Crippen LogP contribution in [-0.2, 0) is 24.1 Å². The number of rotatable bonds is 5. The topological polar surface area (TPSA) is 83.0 Å². The fourth-order valence-corrected chi connectivity index (χ4v) is 3.11. The molecule has 10 heteroatoms. The molecule has 0 unspecified atom stereocenters. The van der Waals surface area contributed by atoms with Gasteiger partial charge in [0.1, 0.15) is 0 Å². The van der Waals surface area contributed by atoms with E-state index in [1.807, 2.05) is 24.3 Å². The van der Waals surface area contributed by atoms with Gasteiger partial charge in [0, 0.05) is 30.3 Å². The van der Waals surface area contributed by atoms with Gasteiger partial charge >= 0.3 is 12.1 Å². The highest BCUT2D eigenvalue weighted by Crippen LogP contribution is 2.29. The van der Waals surface area contributed by atoms with E-state index in [0.29, 0.717) is 12.3 Å². The molecule has 4 rings (SSSR count). The lowest BCUT2D eigenvalue weighted by Gasteiger charge is -2.13. The molecule has 0 N–H and O–H groups in total. The van der Waals surface area contributed by atoms with E-state index in [9.17, 15) is 18.0 Å². The van der Waals surface area contributed by atoms with Crippen molar-refractivity contribution >= 4 is 10.9 Å². The normalized spacial score (nSPS) is 11.9. The molecule has 0 bridgehead atoms. The van der Waals surface area contributed by atoms with Crippen LogP contribution in [0.5, 0.6) is 0 Å². The number of fused-ring (bicyclic) bond motifs is 1. The Hall–Kier alpha value is -3.53. The molecule has 0 saturated carbocycles. The number of hydrogen-bond donors (Lipinski definition) is 0. The highest BCUT2D eigenvalue weighted by atomic mass is 19.4. The monoisotopic (exact) mass is 416 g/mol. The van der Waals surface area contributed by atoms with Crippen LogP contribution in [0.25, 0.3) is 22.3 Å². The molecular weight excluding hydrogens is 401 g/mol. The largest absolute Gasteiger partial charge is 0.471 e. The van der Waals surface area contributed by atoms with Crippen molar-refractivity contribution in [3.05, 3.63) is 76.2 Å². The predicted molar refractivity (Wildman–Crippen MR) is 101 cm³/mol. The summed E-state index contributed by atoms with van der Waals surface area (Å²) in [4.78, 5) is 20.2. The zero-order valence-electron chi connectivity index (χ0n) is 15.7. The molecule has 154 valence electrons. The van der Waals surface area contributed by atoms with E-state index in [2.05, 4.69) is 19.6 Å². The van der Waals surface area contributed by atoms with E-state index in [4.69, 9.17) is 4.74 Å². The zero-order valence-corrected chi connectivity index (χ0v) is 15.7. The molecule has 0 atom stereocenters. The molecule has 0 aliphatic carbocycles. The van der Waals surface area contributed by atoms with E-state index < -0.39 is 12.1 Å². The van der Waals surface area contributed by atoms with Crippen molar-refractivity contribution < 1.29 is 22.4 Å². The first-order valence-electron chi connectivity index (χ1n) is 8.83. The first kappa shape index (κ1) is 19.8. The number of nitrogens with zero attached hydrogens (tertiary/aromatic N) is 4. The minimum Gasteiger partial charge on any atom is -0.380 e. The third kappa shape index (κ3) is 3.81. The first-order chi connectivity index (χ1) is 14.4. The van der Waals surface area contributed by atoms with Crippen molar-refractivity contribution in [2.24, 2.45) is 0 Å². The lowest BCUT2D eigenvalue weighted by molar-refractivity contribution is -0.159. The number of hydrogen-bond acceptors (Lipinski definition) is 6. The molecule has 1 aromatic carbocycles.